The van der Waals surface area contributed by atoms with Gasteiger partial charge in [0.05, 0.1) is 11.3 Å². The van der Waals surface area contributed by atoms with Gasteiger partial charge in [0.2, 0.25) is 0 Å². The first-order valence-corrected chi connectivity index (χ1v) is 8.94. The van der Waals surface area contributed by atoms with Gasteiger partial charge in [-0.2, -0.15) is 0 Å². The number of benzene rings is 2. The van der Waals surface area contributed by atoms with Gasteiger partial charge in [-0.1, -0.05) is 30.3 Å². The molecule has 2 heterocycles. The van der Waals surface area contributed by atoms with Gasteiger partial charge in [-0.3, -0.25) is 19.4 Å². The number of fused-ring (bicyclic) bond motifs is 1. The molecule has 4 rings (SSSR count). The van der Waals surface area contributed by atoms with E-state index in [1.807, 2.05) is 5.32 Å². The highest BCUT2D eigenvalue weighted by Crippen LogP contribution is 2.34. The van der Waals surface area contributed by atoms with E-state index < -0.39 is 46.0 Å². The number of amides is 1. The number of nitrogens with one attached hydrogen (secondary N) is 2. The predicted octanol–water partition coefficient (Wildman–Crippen LogP) is 3.99. The molecule has 2 N–H and O–H groups in total. The lowest BCUT2D eigenvalue weighted by atomic mass is 10.0. The summed E-state index contributed by atoms with van der Waals surface area (Å²) >= 11 is 0. The normalized spacial score (nSPS) is 13.2. The summed E-state index contributed by atoms with van der Waals surface area (Å²) in [6, 6.07) is 7.10. The first kappa shape index (κ1) is 19.0. The third kappa shape index (κ3) is 3.12. The predicted molar refractivity (Wildman–Crippen MR) is 97.7 cm³/mol. The Kier molecular flexibility index (Phi) is 4.73. The largest absolute Gasteiger partial charge is 0.317 e. The van der Waals surface area contributed by atoms with Gasteiger partial charge in [-0.05, 0) is 24.8 Å². The standard InChI is InChI=1S/C20H15F4N3O2/c21-14-12(10-6-2-1-3-7-10)15(22)17(24)18(16(14)23)25-19(28)13-11-8-4-5-9-27(11)26-20(13)29/h1-3,6-7H,4-5,8-9H2,(H,25,28)(H,26,29). The van der Waals surface area contributed by atoms with Crippen LogP contribution in [-0.4, -0.2) is 15.7 Å². The van der Waals surface area contributed by atoms with Crippen LogP contribution in [0.5, 0.6) is 0 Å². The van der Waals surface area contributed by atoms with Crippen molar-refractivity contribution in [1.29, 1.82) is 0 Å². The highest BCUT2D eigenvalue weighted by atomic mass is 19.2. The Labute approximate surface area is 162 Å². The van der Waals surface area contributed by atoms with E-state index in [9.17, 15) is 27.2 Å². The molecule has 2 aromatic carbocycles. The number of carbonyl (C=O) groups is 1. The number of hydrogen-bond donors (Lipinski definition) is 2. The topological polar surface area (TPSA) is 66.9 Å². The lowest BCUT2D eigenvalue weighted by Gasteiger charge is -2.16. The number of halogens is 4. The number of anilines is 1. The number of nitrogens with zero attached hydrogens (tertiary/aromatic N) is 1. The summed E-state index contributed by atoms with van der Waals surface area (Å²) in [5, 5.41) is 4.31. The van der Waals surface area contributed by atoms with Crippen LogP contribution in [0.25, 0.3) is 11.1 Å². The molecule has 1 aliphatic rings. The molecular formula is C20H15F4N3O2. The maximum Gasteiger partial charge on any atom is 0.277 e. The number of aryl methyl sites for hydroxylation is 1. The Morgan fingerprint density at radius 3 is 2.28 bits per heavy atom. The SMILES string of the molecule is O=C(Nc1c(F)c(F)c(-c2ccccc2)c(F)c1F)c1c2n([nH]c1=O)CCCC2. The highest BCUT2D eigenvalue weighted by molar-refractivity contribution is 6.05. The number of H-pyrrole nitrogens is 1. The maximum atomic E-state index is 14.5. The first-order chi connectivity index (χ1) is 13.9. The third-order valence-corrected chi connectivity index (χ3v) is 4.91. The first-order valence-electron chi connectivity index (χ1n) is 8.94. The fourth-order valence-electron chi connectivity index (χ4n) is 3.54. The van der Waals surface area contributed by atoms with Crippen LogP contribution >= 0.6 is 0 Å². The van der Waals surface area contributed by atoms with Crippen molar-refractivity contribution in [3.8, 4) is 11.1 Å². The molecule has 0 unspecified atom stereocenters. The van der Waals surface area contributed by atoms with E-state index in [-0.39, 0.29) is 11.1 Å². The second-order valence-corrected chi connectivity index (χ2v) is 6.70. The van der Waals surface area contributed by atoms with Gasteiger partial charge in [0.1, 0.15) is 11.3 Å². The van der Waals surface area contributed by atoms with Crippen LogP contribution in [0.3, 0.4) is 0 Å². The summed E-state index contributed by atoms with van der Waals surface area (Å²) in [7, 11) is 0. The van der Waals surface area contributed by atoms with Gasteiger partial charge >= 0.3 is 0 Å². The molecule has 0 bridgehead atoms. The molecule has 1 amide bonds. The number of aromatic nitrogens is 2. The van der Waals surface area contributed by atoms with Gasteiger partial charge in [0.25, 0.3) is 11.5 Å². The molecule has 150 valence electrons. The van der Waals surface area contributed by atoms with E-state index >= 15 is 0 Å². The van der Waals surface area contributed by atoms with Gasteiger partial charge in [0.15, 0.2) is 23.3 Å². The van der Waals surface area contributed by atoms with Crippen molar-refractivity contribution in [2.75, 3.05) is 5.32 Å². The average Bonchev–Trinajstić information content (AvgIpc) is 3.06. The van der Waals surface area contributed by atoms with Gasteiger partial charge < -0.3 is 5.32 Å². The summed E-state index contributed by atoms with van der Waals surface area (Å²) in [4.78, 5) is 24.6. The fraction of sp³-hybridized carbons (Fsp3) is 0.200. The smallest absolute Gasteiger partial charge is 0.277 e. The molecule has 9 heteroatoms. The monoisotopic (exact) mass is 405 g/mol. The highest BCUT2D eigenvalue weighted by Gasteiger charge is 2.30. The van der Waals surface area contributed by atoms with Crippen LogP contribution in [0.15, 0.2) is 35.1 Å². The van der Waals surface area contributed by atoms with Gasteiger partial charge in [-0.15, -0.1) is 0 Å². The second-order valence-electron chi connectivity index (χ2n) is 6.70. The summed E-state index contributed by atoms with van der Waals surface area (Å²) < 4.78 is 59.6. The van der Waals surface area contributed by atoms with E-state index in [4.69, 9.17) is 0 Å². The molecular weight excluding hydrogens is 390 g/mol. The second kappa shape index (κ2) is 7.23. The zero-order chi connectivity index (χ0) is 20.7. The van der Waals surface area contributed by atoms with Crippen LogP contribution in [0.2, 0.25) is 0 Å². The summed E-state index contributed by atoms with van der Waals surface area (Å²) in [5.74, 6) is -7.91. The van der Waals surface area contributed by atoms with Crippen molar-refractivity contribution in [2.24, 2.45) is 0 Å². The lowest BCUT2D eigenvalue weighted by Crippen LogP contribution is -2.23. The number of carbonyl (C=O) groups excluding carboxylic acids is 1. The van der Waals surface area contributed by atoms with Gasteiger partial charge in [0, 0.05) is 6.54 Å². The lowest BCUT2D eigenvalue weighted by molar-refractivity contribution is 0.102. The van der Waals surface area contributed by atoms with Crippen molar-refractivity contribution >= 4 is 11.6 Å². The van der Waals surface area contributed by atoms with E-state index in [1.54, 1.807) is 6.07 Å². The summed E-state index contributed by atoms with van der Waals surface area (Å²) in [5.41, 5.74) is -2.88. The molecule has 0 radical (unpaired) electrons. The Morgan fingerprint density at radius 2 is 1.62 bits per heavy atom. The molecule has 29 heavy (non-hydrogen) atoms. The molecule has 0 saturated heterocycles. The molecule has 3 aromatic rings. The third-order valence-electron chi connectivity index (χ3n) is 4.91. The molecule has 1 aromatic heterocycles. The molecule has 0 spiro atoms. The molecule has 0 fully saturated rings. The minimum atomic E-state index is -1.75. The van der Waals surface area contributed by atoms with Crippen molar-refractivity contribution in [3.63, 3.8) is 0 Å². The van der Waals surface area contributed by atoms with Crippen molar-refractivity contribution in [3.05, 3.63) is 75.2 Å². The van der Waals surface area contributed by atoms with Gasteiger partial charge in [-0.25, -0.2) is 17.6 Å². The zero-order valence-electron chi connectivity index (χ0n) is 15.0. The Hall–Kier alpha value is -3.36. The van der Waals surface area contributed by atoms with Crippen LogP contribution in [-0.2, 0) is 13.0 Å². The van der Waals surface area contributed by atoms with Crippen LogP contribution in [0.1, 0.15) is 28.9 Å². The molecule has 0 saturated carbocycles. The van der Waals surface area contributed by atoms with Crippen molar-refractivity contribution in [1.82, 2.24) is 9.78 Å². The Morgan fingerprint density at radius 1 is 0.966 bits per heavy atom. The number of hydrogen-bond acceptors (Lipinski definition) is 2. The maximum absolute atomic E-state index is 14.5. The molecule has 1 aliphatic heterocycles. The number of rotatable bonds is 3. The average molecular weight is 405 g/mol. The van der Waals surface area contributed by atoms with Crippen molar-refractivity contribution in [2.45, 2.75) is 25.8 Å². The molecule has 0 aliphatic carbocycles. The zero-order valence-corrected chi connectivity index (χ0v) is 15.0. The van der Waals surface area contributed by atoms with Crippen LogP contribution < -0.4 is 10.9 Å². The molecule has 0 atom stereocenters. The quantitative estimate of drug-likeness (QED) is 0.511. The van der Waals surface area contributed by atoms with E-state index in [1.165, 1.54) is 28.9 Å². The fourth-order valence-corrected chi connectivity index (χ4v) is 3.54. The van der Waals surface area contributed by atoms with Crippen molar-refractivity contribution < 1.29 is 22.4 Å². The Bertz CT molecular complexity index is 1140. The van der Waals surface area contributed by atoms with Crippen LogP contribution in [0, 0.1) is 23.3 Å². The van der Waals surface area contributed by atoms with Crippen LogP contribution in [0.4, 0.5) is 23.2 Å². The summed E-state index contributed by atoms with van der Waals surface area (Å²) in [6.45, 7) is 0.496. The minimum Gasteiger partial charge on any atom is -0.317 e. The Balaban J connectivity index is 1.77. The summed E-state index contributed by atoms with van der Waals surface area (Å²) in [6.07, 6.45) is 1.96. The number of aromatic amines is 1. The van der Waals surface area contributed by atoms with E-state index in [2.05, 4.69) is 5.10 Å². The van der Waals surface area contributed by atoms with E-state index in [0.717, 1.165) is 12.8 Å². The van der Waals surface area contributed by atoms with E-state index in [0.29, 0.717) is 18.7 Å². The molecule has 5 nitrogen and oxygen atoms in total. The minimum absolute atomic E-state index is 0.0591.